The Balaban J connectivity index is 1.77. The maximum absolute atomic E-state index is 13.1. The van der Waals surface area contributed by atoms with E-state index in [9.17, 15) is 13.2 Å². The number of aromatic nitrogens is 3. The van der Waals surface area contributed by atoms with E-state index in [-0.39, 0.29) is 16.8 Å². The van der Waals surface area contributed by atoms with Gasteiger partial charge in [-0.15, -0.1) is 11.3 Å². The third-order valence-electron chi connectivity index (χ3n) is 4.71. The van der Waals surface area contributed by atoms with Gasteiger partial charge in [-0.25, -0.2) is 18.4 Å². The third kappa shape index (κ3) is 2.80. The van der Waals surface area contributed by atoms with Crippen LogP contribution in [0.3, 0.4) is 0 Å². The highest BCUT2D eigenvalue weighted by atomic mass is 32.2. The largest absolute Gasteiger partial charge is 0.339 e. The van der Waals surface area contributed by atoms with Crippen LogP contribution in [0, 0.1) is 0 Å². The lowest BCUT2D eigenvalue weighted by atomic mass is 9.98. The molecule has 1 aliphatic carbocycles. The third-order valence-corrected chi connectivity index (χ3v) is 6.64. The predicted molar refractivity (Wildman–Crippen MR) is 98.0 cm³/mol. The Morgan fingerprint density at radius 3 is 2.73 bits per heavy atom. The van der Waals surface area contributed by atoms with Crippen molar-refractivity contribution in [2.75, 3.05) is 6.26 Å². The minimum atomic E-state index is -3.57. The summed E-state index contributed by atoms with van der Waals surface area (Å²) >= 11 is 1.52. The van der Waals surface area contributed by atoms with Crippen molar-refractivity contribution in [3.05, 3.63) is 46.7 Å². The number of nitrogens with one attached hydrogen (secondary N) is 1. The van der Waals surface area contributed by atoms with E-state index in [0.29, 0.717) is 5.52 Å². The fraction of sp³-hybridized carbons (Fsp3) is 0.353. The fourth-order valence-electron chi connectivity index (χ4n) is 3.55. The first kappa shape index (κ1) is 17.2. The molecule has 1 saturated carbocycles. The molecule has 0 spiro atoms. The van der Waals surface area contributed by atoms with E-state index < -0.39 is 15.4 Å². The molecule has 0 radical (unpaired) electrons. The van der Waals surface area contributed by atoms with Gasteiger partial charge in [0.2, 0.25) is 15.0 Å². The highest BCUT2D eigenvalue weighted by Gasteiger charge is 2.40. The standard InChI is InChI=1S/C17H18N4O3S2/c1-26(23,24)16-19-13(12-6-2-5-10-21(12)16)14(22)20-17(7-3-4-8-17)15-18-9-11-25-15/h2,5-6,9-11H,3-4,7-8H2,1H3,(H,20,22). The zero-order valence-corrected chi connectivity index (χ0v) is 15.8. The molecule has 0 aromatic carbocycles. The SMILES string of the molecule is CS(=O)(=O)c1nc(C(=O)NC2(c3nccs3)CCCC2)c2ccccn12. The van der Waals surface area contributed by atoms with Gasteiger partial charge >= 0.3 is 0 Å². The highest BCUT2D eigenvalue weighted by molar-refractivity contribution is 7.90. The number of imidazole rings is 1. The monoisotopic (exact) mass is 390 g/mol. The summed E-state index contributed by atoms with van der Waals surface area (Å²) in [6.45, 7) is 0. The summed E-state index contributed by atoms with van der Waals surface area (Å²) < 4.78 is 25.5. The zero-order valence-electron chi connectivity index (χ0n) is 14.2. The number of thiazole rings is 1. The maximum atomic E-state index is 13.1. The molecule has 9 heteroatoms. The second kappa shape index (κ2) is 6.17. The minimum absolute atomic E-state index is 0.119. The van der Waals surface area contributed by atoms with E-state index in [2.05, 4.69) is 15.3 Å². The van der Waals surface area contributed by atoms with Crippen molar-refractivity contribution in [3.8, 4) is 0 Å². The van der Waals surface area contributed by atoms with Crippen LogP contribution >= 0.6 is 11.3 Å². The van der Waals surface area contributed by atoms with Crippen LogP contribution in [-0.4, -0.2) is 34.9 Å². The van der Waals surface area contributed by atoms with E-state index >= 15 is 0 Å². The maximum Gasteiger partial charge on any atom is 0.272 e. The van der Waals surface area contributed by atoms with Crippen molar-refractivity contribution >= 4 is 32.6 Å². The first-order valence-electron chi connectivity index (χ1n) is 8.30. The molecule has 136 valence electrons. The molecule has 1 amide bonds. The molecule has 0 aliphatic heterocycles. The number of carbonyl (C=O) groups is 1. The molecule has 0 bridgehead atoms. The number of hydrogen-bond acceptors (Lipinski definition) is 6. The van der Waals surface area contributed by atoms with Gasteiger partial charge in [0.1, 0.15) is 5.01 Å². The Bertz CT molecular complexity index is 1060. The average Bonchev–Trinajstić information content (AvgIpc) is 3.33. The number of nitrogens with zero attached hydrogens (tertiary/aromatic N) is 3. The van der Waals surface area contributed by atoms with Crippen LogP contribution in [0.5, 0.6) is 0 Å². The molecule has 1 aliphatic rings. The summed E-state index contributed by atoms with van der Waals surface area (Å²) in [5.41, 5.74) is 0.0906. The molecular weight excluding hydrogens is 372 g/mol. The van der Waals surface area contributed by atoms with Crippen LogP contribution in [0.25, 0.3) is 5.52 Å². The van der Waals surface area contributed by atoms with E-state index in [4.69, 9.17) is 0 Å². The molecule has 0 saturated heterocycles. The Morgan fingerprint density at radius 1 is 1.31 bits per heavy atom. The molecule has 3 heterocycles. The van der Waals surface area contributed by atoms with Crippen molar-refractivity contribution in [2.24, 2.45) is 0 Å². The quantitative estimate of drug-likeness (QED) is 0.738. The number of rotatable bonds is 4. The van der Waals surface area contributed by atoms with Crippen LogP contribution in [-0.2, 0) is 15.4 Å². The molecule has 0 unspecified atom stereocenters. The smallest absolute Gasteiger partial charge is 0.272 e. The van der Waals surface area contributed by atoms with E-state index in [0.717, 1.165) is 36.9 Å². The van der Waals surface area contributed by atoms with Crippen LogP contribution in [0.4, 0.5) is 0 Å². The van der Waals surface area contributed by atoms with Crippen LogP contribution in [0.1, 0.15) is 41.2 Å². The van der Waals surface area contributed by atoms with Crippen LogP contribution in [0.15, 0.2) is 41.1 Å². The van der Waals surface area contributed by atoms with Gasteiger partial charge in [0, 0.05) is 24.0 Å². The molecule has 4 rings (SSSR count). The molecule has 1 N–H and O–H groups in total. The molecule has 0 atom stereocenters. The van der Waals surface area contributed by atoms with Crippen LogP contribution < -0.4 is 5.32 Å². The highest BCUT2D eigenvalue weighted by Crippen LogP contribution is 2.40. The lowest BCUT2D eigenvalue weighted by molar-refractivity contribution is 0.0894. The number of fused-ring (bicyclic) bond motifs is 1. The van der Waals surface area contributed by atoms with Crippen molar-refractivity contribution in [3.63, 3.8) is 0 Å². The molecule has 3 aromatic rings. The second-order valence-corrected chi connectivity index (χ2v) is 9.36. The average molecular weight is 390 g/mol. The minimum Gasteiger partial charge on any atom is -0.339 e. The molecule has 26 heavy (non-hydrogen) atoms. The van der Waals surface area contributed by atoms with Gasteiger partial charge in [-0.1, -0.05) is 18.9 Å². The second-order valence-electron chi connectivity index (χ2n) is 6.55. The van der Waals surface area contributed by atoms with Gasteiger partial charge in [0.25, 0.3) is 5.91 Å². The van der Waals surface area contributed by atoms with Crippen molar-refractivity contribution in [1.82, 2.24) is 19.7 Å². The topological polar surface area (TPSA) is 93.4 Å². The molecular formula is C17H18N4O3S2. The van der Waals surface area contributed by atoms with E-state index in [1.165, 1.54) is 15.7 Å². The Kier molecular flexibility index (Phi) is 4.07. The zero-order chi connectivity index (χ0) is 18.4. The van der Waals surface area contributed by atoms with Gasteiger partial charge in [-0.2, -0.15) is 0 Å². The summed E-state index contributed by atoms with van der Waals surface area (Å²) in [6, 6.07) is 5.16. The number of hydrogen-bond donors (Lipinski definition) is 1. The Morgan fingerprint density at radius 2 is 2.08 bits per heavy atom. The normalized spacial score (nSPS) is 16.8. The van der Waals surface area contributed by atoms with E-state index in [1.807, 2.05) is 5.38 Å². The predicted octanol–water partition coefficient (Wildman–Crippen LogP) is 2.39. The first-order chi connectivity index (χ1) is 12.4. The van der Waals surface area contributed by atoms with Gasteiger partial charge in [-0.05, 0) is 25.0 Å². The molecule has 1 fully saturated rings. The Labute approximate surface area is 155 Å². The van der Waals surface area contributed by atoms with Gasteiger partial charge in [0.05, 0.1) is 11.1 Å². The van der Waals surface area contributed by atoms with E-state index in [1.54, 1.807) is 30.6 Å². The summed E-state index contributed by atoms with van der Waals surface area (Å²) in [5, 5.41) is 5.76. The molecule has 7 nitrogen and oxygen atoms in total. The first-order valence-corrected chi connectivity index (χ1v) is 11.1. The Hall–Kier alpha value is -2.26. The summed E-state index contributed by atoms with van der Waals surface area (Å²) in [7, 11) is -3.57. The summed E-state index contributed by atoms with van der Waals surface area (Å²) in [4.78, 5) is 21.6. The summed E-state index contributed by atoms with van der Waals surface area (Å²) in [5.74, 6) is -0.374. The number of sulfone groups is 1. The number of amides is 1. The van der Waals surface area contributed by atoms with Gasteiger partial charge < -0.3 is 5.32 Å². The lowest BCUT2D eigenvalue weighted by Gasteiger charge is -2.27. The summed E-state index contributed by atoms with van der Waals surface area (Å²) in [6.07, 6.45) is 8.08. The van der Waals surface area contributed by atoms with Crippen molar-refractivity contribution < 1.29 is 13.2 Å². The number of carbonyl (C=O) groups excluding carboxylic acids is 1. The van der Waals surface area contributed by atoms with Gasteiger partial charge in [0.15, 0.2) is 5.69 Å². The van der Waals surface area contributed by atoms with Crippen molar-refractivity contribution in [2.45, 2.75) is 36.4 Å². The number of pyridine rings is 1. The molecule has 3 aromatic heterocycles. The van der Waals surface area contributed by atoms with Crippen molar-refractivity contribution in [1.29, 1.82) is 0 Å². The fourth-order valence-corrected chi connectivity index (χ4v) is 5.17. The van der Waals surface area contributed by atoms with Gasteiger partial charge in [-0.3, -0.25) is 9.20 Å². The lowest BCUT2D eigenvalue weighted by Crippen LogP contribution is -2.44. The van der Waals surface area contributed by atoms with Crippen LogP contribution in [0.2, 0.25) is 0 Å².